The third-order valence-corrected chi connectivity index (χ3v) is 4.89. The maximum atomic E-state index is 6.26. The smallest absolute Gasteiger partial charge is 0.216 e. The summed E-state index contributed by atoms with van der Waals surface area (Å²) in [5.41, 5.74) is 3.58. The lowest BCUT2D eigenvalue weighted by Crippen LogP contribution is -2.05. The van der Waals surface area contributed by atoms with Crippen molar-refractivity contribution in [2.45, 2.75) is 27.3 Å². The minimum Gasteiger partial charge on any atom is -0.264 e. The molecule has 2 heterocycles. The highest BCUT2D eigenvalue weighted by Crippen LogP contribution is 2.26. The number of aryl methyl sites for hydroxylation is 2. The van der Waals surface area contributed by atoms with Crippen LogP contribution in [-0.2, 0) is 6.54 Å². The van der Waals surface area contributed by atoms with Gasteiger partial charge in [-0.1, -0.05) is 29.3 Å². The van der Waals surface area contributed by atoms with Crippen LogP contribution in [0.3, 0.4) is 0 Å². The summed E-state index contributed by atoms with van der Waals surface area (Å²) in [6.07, 6.45) is 1.74. The average Bonchev–Trinajstić information content (AvgIpc) is 3.02. The lowest BCUT2D eigenvalue weighted by Gasteiger charge is -2.08. The predicted octanol–water partition coefficient (Wildman–Crippen LogP) is 4.30. The molecule has 0 radical (unpaired) electrons. The van der Waals surface area contributed by atoms with Crippen molar-refractivity contribution >= 4 is 41.6 Å². The number of rotatable bonds is 4. The molecule has 0 saturated carbocycles. The van der Waals surface area contributed by atoms with Crippen molar-refractivity contribution < 1.29 is 0 Å². The van der Waals surface area contributed by atoms with Crippen LogP contribution in [0.4, 0.5) is 0 Å². The van der Waals surface area contributed by atoms with Crippen LogP contribution in [0.1, 0.15) is 28.3 Å². The third-order valence-electron chi connectivity index (χ3n) is 3.92. The largest absolute Gasteiger partial charge is 0.264 e. The minimum absolute atomic E-state index is 0.444. The van der Waals surface area contributed by atoms with Gasteiger partial charge in [0.05, 0.1) is 18.5 Å². The zero-order valence-corrected chi connectivity index (χ0v) is 16.2. The number of hydrogen-bond acceptors (Lipinski definition) is 4. The van der Waals surface area contributed by atoms with Crippen LogP contribution in [0, 0.1) is 25.5 Å². The summed E-state index contributed by atoms with van der Waals surface area (Å²) in [5.74, 6) is 0.687. The van der Waals surface area contributed by atoms with Crippen molar-refractivity contribution in [2.24, 2.45) is 5.10 Å². The van der Waals surface area contributed by atoms with Crippen LogP contribution in [-0.4, -0.2) is 30.9 Å². The number of nitrogens with one attached hydrogen (secondary N) is 1. The number of benzene rings is 1. The lowest BCUT2D eigenvalue weighted by atomic mass is 10.2. The molecule has 3 rings (SSSR count). The minimum atomic E-state index is 0.444. The molecular weight excluding hydrogens is 379 g/mol. The maximum Gasteiger partial charge on any atom is 0.216 e. The van der Waals surface area contributed by atoms with Crippen LogP contribution in [0.15, 0.2) is 23.3 Å². The Kier molecular flexibility index (Phi) is 5.08. The fourth-order valence-electron chi connectivity index (χ4n) is 2.51. The summed E-state index contributed by atoms with van der Waals surface area (Å²) in [6, 6.07) is 5.46. The number of H-pyrrole nitrogens is 1. The molecule has 0 amide bonds. The number of nitrogens with zero attached hydrogens (tertiary/aromatic N) is 5. The van der Waals surface area contributed by atoms with E-state index in [1.165, 1.54) is 0 Å². The number of hydrogen-bond donors (Lipinski definition) is 1. The second kappa shape index (κ2) is 7.11. The molecule has 0 aliphatic rings. The van der Waals surface area contributed by atoms with E-state index in [0.29, 0.717) is 27.2 Å². The van der Waals surface area contributed by atoms with E-state index in [-0.39, 0.29) is 0 Å². The highest BCUT2D eigenvalue weighted by atomic mass is 35.5. The second-order valence-corrected chi connectivity index (χ2v) is 6.78. The first kappa shape index (κ1) is 17.8. The van der Waals surface area contributed by atoms with E-state index in [2.05, 4.69) is 20.4 Å². The number of aromatic amines is 1. The van der Waals surface area contributed by atoms with E-state index in [1.807, 2.05) is 43.7 Å². The summed E-state index contributed by atoms with van der Waals surface area (Å²) in [6.45, 7) is 6.23. The molecule has 9 heteroatoms. The molecule has 2 aromatic heterocycles. The first-order valence-corrected chi connectivity index (χ1v) is 8.70. The Labute approximate surface area is 160 Å². The van der Waals surface area contributed by atoms with Gasteiger partial charge in [-0.05, 0) is 45.1 Å². The standard InChI is InChI=1S/C16H16Cl2N6S/c1-9-12(7-19-24-11(3)20-21-16(24)25)10(2)23(22-9)8-13-14(17)5-4-6-15(13)18/h4-7H,8H2,1-3H3,(H,21,25). The molecule has 0 fully saturated rings. The molecule has 1 aromatic carbocycles. The van der Waals surface area contributed by atoms with E-state index in [9.17, 15) is 0 Å². The summed E-state index contributed by atoms with van der Waals surface area (Å²) < 4.78 is 3.88. The lowest BCUT2D eigenvalue weighted by molar-refractivity contribution is 0.659. The third kappa shape index (κ3) is 3.53. The fourth-order valence-corrected chi connectivity index (χ4v) is 3.25. The monoisotopic (exact) mass is 394 g/mol. The van der Waals surface area contributed by atoms with Gasteiger partial charge in [-0.15, -0.1) is 0 Å². The van der Waals surface area contributed by atoms with E-state index >= 15 is 0 Å². The van der Waals surface area contributed by atoms with Gasteiger partial charge in [0.1, 0.15) is 5.82 Å². The average molecular weight is 395 g/mol. The topological polar surface area (TPSA) is 63.8 Å². The molecular formula is C16H16Cl2N6S. The van der Waals surface area contributed by atoms with Crippen molar-refractivity contribution in [3.8, 4) is 0 Å². The van der Waals surface area contributed by atoms with Crippen LogP contribution < -0.4 is 0 Å². The maximum absolute atomic E-state index is 6.26. The molecule has 0 atom stereocenters. The Bertz CT molecular complexity index is 994. The fraction of sp³-hybridized carbons (Fsp3) is 0.250. The second-order valence-electron chi connectivity index (χ2n) is 5.57. The SMILES string of the molecule is Cc1nn(Cc2c(Cl)cccc2Cl)c(C)c1C=Nn1c(C)n[nH]c1=S. The van der Waals surface area contributed by atoms with Crippen molar-refractivity contribution in [1.82, 2.24) is 24.7 Å². The summed E-state index contributed by atoms with van der Waals surface area (Å²) >= 11 is 17.7. The Morgan fingerprint density at radius 1 is 1.24 bits per heavy atom. The van der Waals surface area contributed by atoms with Crippen molar-refractivity contribution in [1.29, 1.82) is 0 Å². The zero-order chi connectivity index (χ0) is 18.1. The van der Waals surface area contributed by atoms with Crippen LogP contribution >= 0.6 is 35.4 Å². The Morgan fingerprint density at radius 3 is 2.52 bits per heavy atom. The van der Waals surface area contributed by atoms with E-state index < -0.39 is 0 Å². The van der Waals surface area contributed by atoms with Gasteiger partial charge in [0.2, 0.25) is 4.77 Å². The summed E-state index contributed by atoms with van der Waals surface area (Å²) in [5, 5.41) is 17.0. The van der Waals surface area contributed by atoms with Crippen molar-refractivity contribution in [3.63, 3.8) is 0 Å². The van der Waals surface area contributed by atoms with E-state index in [0.717, 1.165) is 22.5 Å². The van der Waals surface area contributed by atoms with E-state index in [1.54, 1.807) is 10.9 Å². The van der Waals surface area contributed by atoms with Gasteiger partial charge in [0.15, 0.2) is 0 Å². The molecule has 0 spiro atoms. The highest BCUT2D eigenvalue weighted by Gasteiger charge is 2.13. The molecule has 25 heavy (non-hydrogen) atoms. The molecule has 0 aliphatic carbocycles. The Morgan fingerprint density at radius 2 is 1.92 bits per heavy atom. The van der Waals surface area contributed by atoms with Gasteiger partial charge in [-0.3, -0.25) is 9.78 Å². The molecule has 130 valence electrons. The van der Waals surface area contributed by atoms with Gasteiger partial charge in [0, 0.05) is 26.9 Å². The summed E-state index contributed by atoms with van der Waals surface area (Å²) in [7, 11) is 0. The molecule has 0 unspecified atom stereocenters. The van der Waals surface area contributed by atoms with Gasteiger partial charge < -0.3 is 0 Å². The number of halogens is 2. The molecule has 0 saturated heterocycles. The Balaban J connectivity index is 1.95. The van der Waals surface area contributed by atoms with Gasteiger partial charge in [-0.25, -0.2) is 0 Å². The molecule has 6 nitrogen and oxygen atoms in total. The first-order valence-electron chi connectivity index (χ1n) is 7.53. The van der Waals surface area contributed by atoms with Gasteiger partial charge in [-0.2, -0.15) is 20.0 Å². The quantitative estimate of drug-likeness (QED) is 0.529. The van der Waals surface area contributed by atoms with E-state index in [4.69, 9.17) is 35.4 Å². The molecule has 3 aromatic rings. The highest BCUT2D eigenvalue weighted by molar-refractivity contribution is 7.71. The Hall–Kier alpha value is -1.96. The van der Waals surface area contributed by atoms with Crippen molar-refractivity contribution in [3.05, 3.63) is 61.4 Å². The number of aromatic nitrogens is 5. The van der Waals surface area contributed by atoms with Gasteiger partial charge >= 0.3 is 0 Å². The normalized spacial score (nSPS) is 11.6. The van der Waals surface area contributed by atoms with Crippen molar-refractivity contribution in [2.75, 3.05) is 0 Å². The summed E-state index contributed by atoms with van der Waals surface area (Å²) in [4.78, 5) is 0. The molecule has 1 N–H and O–H groups in total. The molecule has 0 aliphatic heterocycles. The van der Waals surface area contributed by atoms with Crippen LogP contribution in [0.25, 0.3) is 0 Å². The van der Waals surface area contributed by atoms with Crippen LogP contribution in [0.2, 0.25) is 10.0 Å². The predicted molar refractivity (Wildman–Crippen MR) is 102 cm³/mol. The zero-order valence-electron chi connectivity index (χ0n) is 13.9. The van der Waals surface area contributed by atoms with Gasteiger partial charge in [0.25, 0.3) is 0 Å². The molecule has 0 bridgehead atoms. The van der Waals surface area contributed by atoms with Crippen LogP contribution in [0.5, 0.6) is 0 Å². The first-order chi connectivity index (χ1) is 11.9.